The van der Waals surface area contributed by atoms with Crippen LogP contribution >= 0.6 is 11.8 Å². The maximum Gasteiger partial charge on any atom is 0.324 e. The maximum absolute atomic E-state index is 12.1. The molecule has 5 rings (SSSR count). The van der Waals surface area contributed by atoms with Gasteiger partial charge in [-0.1, -0.05) is 0 Å². The SMILES string of the molecule is CN1CCN(c2cnn(C3CN(c4cc5c(nn4)CCSC5)C3)c2)C1=O. The molecule has 3 aliphatic rings. The first kappa shape index (κ1) is 15.9. The van der Waals surface area contributed by atoms with Crippen molar-refractivity contribution in [1.82, 2.24) is 24.9 Å². The van der Waals surface area contributed by atoms with Gasteiger partial charge in [-0.2, -0.15) is 22.0 Å². The summed E-state index contributed by atoms with van der Waals surface area (Å²) in [6, 6.07) is 2.55. The number of amides is 2. The number of carbonyl (C=O) groups excluding carboxylic acids is 1. The van der Waals surface area contributed by atoms with E-state index in [0.29, 0.717) is 6.04 Å². The van der Waals surface area contributed by atoms with Gasteiger partial charge in [-0.3, -0.25) is 9.58 Å². The summed E-state index contributed by atoms with van der Waals surface area (Å²) in [5.41, 5.74) is 3.36. The van der Waals surface area contributed by atoms with Crippen LogP contribution in [-0.4, -0.2) is 69.9 Å². The van der Waals surface area contributed by atoms with E-state index in [-0.39, 0.29) is 6.03 Å². The summed E-state index contributed by atoms with van der Waals surface area (Å²) in [6.45, 7) is 3.22. The molecule has 2 aromatic heterocycles. The van der Waals surface area contributed by atoms with E-state index < -0.39 is 0 Å². The summed E-state index contributed by atoms with van der Waals surface area (Å²) in [4.78, 5) is 17.9. The summed E-state index contributed by atoms with van der Waals surface area (Å²) in [7, 11) is 1.83. The summed E-state index contributed by atoms with van der Waals surface area (Å²) in [5, 5.41) is 13.3. The van der Waals surface area contributed by atoms with Gasteiger partial charge < -0.3 is 9.80 Å². The molecule has 0 aromatic carbocycles. The Kier molecular flexibility index (Phi) is 3.77. The van der Waals surface area contributed by atoms with Gasteiger partial charge in [0.25, 0.3) is 0 Å². The third-order valence-corrected chi connectivity index (χ3v) is 6.37. The smallest absolute Gasteiger partial charge is 0.324 e. The van der Waals surface area contributed by atoms with E-state index in [9.17, 15) is 4.79 Å². The van der Waals surface area contributed by atoms with Gasteiger partial charge in [0.2, 0.25) is 0 Å². The van der Waals surface area contributed by atoms with Crippen molar-refractivity contribution in [1.29, 1.82) is 0 Å². The van der Waals surface area contributed by atoms with Crippen LogP contribution < -0.4 is 9.80 Å². The van der Waals surface area contributed by atoms with Crippen molar-refractivity contribution in [3.05, 3.63) is 29.7 Å². The van der Waals surface area contributed by atoms with Crippen LogP contribution in [0.3, 0.4) is 0 Å². The Morgan fingerprint density at radius 2 is 2.12 bits per heavy atom. The average molecular weight is 371 g/mol. The van der Waals surface area contributed by atoms with E-state index in [1.807, 2.05) is 29.7 Å². The number of aryl methyl sites for hydroxylation is 1. The molecule has 3 aliphatic heterocycles. The van der Waals surface area contributed by atoms with Crippen LogP contribution in [0.1, 0.15) is 17.3 Å². The lowest BCUT2D eigenvalue weighted by Crippen LogP contribution is -2.48. The molecule has 0 saturated carbocycles. The molecule has 0 spiro atoms. The van der Waals surface area contributed by atoms with Crippen molar-refractivity contribution < 1.29 is 4.79 Å². The number of hydrogen-bond acceptors (Lipinski definition) is 6. The molecule has 2 fully saturated rings. The second kappa shape index (κ2) is 6.15. The lowest BCUT2D eigenvalue weighted by atomic mass is 10.1. The summed E-state index contributed by atoms with van der Waals surface area (Å²) in [6.07, 6.45) is 4.79. The minimum Gasteiger partial charge on any atom is -0.351 e. The third kappa shape index (κ3) is 2.61. The number of fused-ring (bicyclic) bond motifs is 1. The number of urea groups is 1. The number of thioether (sulfide) groups is 1. The third-order valence-electron chi connectivity index (χ3n) is 5.36. The van der Waals surface area contributed by atoms with Crippen molar-refractivity contribution in [2.75, 3.05) is 48.8 Å². The molecule has 136 valence electrons. The van der Waals surface area contributed by atoms with Crippen LogP contribution in [0.5, 0.6) is 0 Å². The van der Waals surface area contributed by atoms with E-state index in [1.165, 1.54) is 5.56 Å². The number of rotatable bonds is 3. The summed E-state index contributed by atoms with van der Waals surface area (Å²) >= 11 is 1.96. The minimum absolute atomic E-state index is 0.0435. The number of likely N-dealkylation sites (N-methyl/N-ethyl adjacent to an activating group) is 1. The number of anilines is 2. The van der Waals surface area contributed by atoms with E-state index in [4.69, 9.17) is 0 Å². The normalized spacial score (nSPS) is 20.5. The molecule has 2 saturated heterocycles. The quantitative estimate of drug-likeness (QED) is 0.812. The monoisotopic (exact) mass is 371 g/mol. The van der Waals surface area contributed by atoms with Crippen molar-refractivity contribution in [2.45, 2.75) is 18.2 Å². The highest BCUT2D eigenvalue weighted by molar-refractivity contribution is 7.98. The Morgan fingerprint density at radius 3 is 2.92 bits per heavy atom. The number of nitrogens with zero attached hydrogens (tertiary/aromatic N) is 7. The molecule has 0 atom stereocenters. The molecule has 5 heterocycles. The molecule has 2 amide bonds. The second-order valence-corrected chi connectivity index (χ2v) is 8.18. The zero-order valence-corrected chi connectivity index (χ0v) is 15.5. The lowest BCUT2D eigenvalue weighted by Gasteiger charge is -2.40. The zero-order valence-electron chi connectivity index (χ0n) is 14.7. The van der Waals surface area contributed by atoms with Crippen LogP contribution in [0, 0.1) is 0 Å². The van der Waals surface area contributed by atoms with Crippen molar-refractivity contribution in [2.24, 2.45) is 0 Å². The molecule has 0 bridgehead atoms. The fraction of sp³-hybridized carbons (Fsp3) is 0.529. The Labute approximate surface area is 156 Å². The van der Waals surface area contributed by atoms with Crippen LogP contribution in [0.15, 0.2) is 18.5 Å². The number of aromatic nitrogens is 4. The van der Waals surface area contributed by atoms with Crippen molar-refractivity contribution in [3.8, 4) is 0 Å². The van der Waals surface area contributed by atoms with Crippen LogP contribution in [-0.2, 0) is 12.2 Å². The van der Waals surface area contributed by atoms with Crippen molar-refractivity contribution in [3.63, 3.8) is 0 Å². The molecular weight excluding hydrogens is 350 g/mol. The molecule has 2 aromatic rings. The van der Waals surface area contributed by atoms with Gasteiger partial charge in [0.05, 0.1) is 23.6 Å². The fourth-order valence-electron chi connectivity index (χ4n) is 3.65. The Bertz CT molecular complexity index is 847. The first-order chi connectivity index (χ1) is 12.7. The molecule has 0 radical (unpaired) electrons. The predicted octanol–water partition coefficient (Wildman–Crippen LogP) is 1.40. The zero-order chi connectivity index (χ0) is 17.7. The Hall–Kier alpha value is -2.29. The van der Waals surface area contributed by atoms with Crippen LogP contribution in [0.2, 0.25) is 0 Å². The minimum atomic E-state index is 0.0435. The van der Waals surface area contributed by atoms with Gasteiger partial charge in [0.15, 0.2) is 5.82 Å². The Morgan fingerprint density at radius 1 is 1.23 bits per heavy atom. The van der Waals surface area contributed by atoms with Gasteiger partial charge in [0, 0.05) is 51.6 Å². The topological polar surface area (TPSA) is 70.4 Å². The molecular formula is C17H21N7OS. The molecule has 9 heteroatoms. The van der Waals surface area contributed by atoms with Gasteiger partial charge in [-0.15, -0.1) is 5.10 Å². The van der Waals surface area contributed by atoms with Crippen LogP contribution in [0.25, 0.3) is 0 Å². The van der Waals surface area contributed by atoms with E-state index >= 15 is 0 Å². The van der Waals surface area contributed by atoms with E-state index in [2.05, 4.69) is 26.3 Å². The summed E-state index contributed by atoms with van der Waals surface area (Å²) < 4.78 is 1.97. The molecule has 8 nitrogen and oxygen atoms in total. The van der Waals surface area contributed by atoms with Crippen molar-refractivity contribution >= 4 is 29.3 Å². The second-order valence-electron chi connectivity index (χ2n) is 7.07. The van der Waals surface area contributed by atoms with Gasteiger partial charge in [-0.05, 0) is 17.4 Å². The highest BCUT2D eigenvalue weighted by Gasteiger charge is 2.32. The highest BCUT2D eigenvalue weighted by atomic mass is 32.2. The molecule has 0 N–H and O–H groups in total. The summed E-state index contributed by atoms with van der Waals surface area (Å²) in [5.74, 6) is 3.14. The van der Waals surface area contributed by atoms with Gasteiger partial charge in [0.1, 0.15) is 0 Å². The largest absolute Gasteiger partial charge is 0.351 e. The molecule has 26 heavy (non-hydrogen) atoms. The number of carbonyl (C=O) groups is 1. The van der Waals surface area contributed by atoms with E-state index in [0.717, 1.165) is 61.3 Å². The molecule has 0 aliphatic carbocycles. The maximum atomic E-state index is 12.1. The van der Waals surface area contributed by atoms with E-state index in [1.54, 1.807) is 16.0 Å². The highest BCUT2D eigenvalue weighted by Crippen LogP contribution is 2.30. The van der Waals surface area contributed by atoms with Gasteiger partial charge in [-0.25, -0.2) is 4.79 Å². The lowest BCUT2D eigenvalue weighted by molar-refractivity contribution is 0.229. The predicted molar refractivity (Wildman–Crippen MR) is 101 cm³/mol. The van der Waals surface area contributed by atoms with Gasteiger partial charge >= 0.3 is 6.03 Å². The standard InChI is InChI=1S/C17H21N7OS/c1-21-3-4-23(17(21)25)13-7-18-24(10-13)14-8-22(9-14)16-6-12-11-26-5-2-15(12)19-20-16/h6-7,10,14H,2-5,8-9,11H2,1H3. The number of hydrogen-bond donors (Lipinski definition) is 0. The van der Waals surface area contributed by atoms with Crippen LogP contribution in [0.4, 0.5) is 16.3 Å². The first-order valence-electron chi connectivity index (χ1n) is 8.94. The molecule has 0 unspecified atom stereocenters. The average Bonchev–Trinajstić information content (AvgIpc) is 3.21. The fourth-order valence-corrected chi connectivity index (χ4v) is 4.60. The Balaban J connectivity index is 1.25. The first-order valence-corrected chi connectivity index (χ1v) is 10.1.